The summed E-state index contributed by atoms with van der Waals surface area (Å²) in [7, 11) is 0. The number of fused-ring (bicyclic) bond motifs is 1. The van der Waals surface area contributed by atoms with E-state index in [1.165, 1.54) is 5.56 Å². The van der Waals surface area contributed by atoms with E-state index in [1.54, 1.807) is 4.90 Å². The number of unbranched alkanes of at least 4 members (excludes halogenated alkanes) is 1. The Morgan fingerprint density at radius 3 is 2.44 bits per heavy atom. The molecule has 9 heteroatoms. The predicted molar refractivity (Wildman–Crippen MR) is 175 cm³/mol. The van der Waals surface area contributed by atoms with E-state index < -0.39 is 0 Å². The summed E-state index contributed by atoms with van der Waals surface area (Å²) in [6, 6.07) is 12.4. The van der Waals surface area contributed by atoms with E-state index in [2.05, 4.69) is 73.7 Å². The van der Waals surface area contributed by atoms with Crippen molar-refractivity contribution in [3.8, 4) is 5.75 Å². The van der Waals surface area contributed by atoms with Crippen LogP contribution in [-0.4, -0.2) is 81.0 Å². The maximum Gasteiger partial charge on any atom is 0.412 e. The molecule has 0 saturated carbocycles. The van der Waals surface area contributed by atoms with E-state index in [-0.39, 0.29) is 12.9 Å². The molecule has 0 spiro atoms. The summed E-state index contributed by atoms with van der Waals surface area (Å²) in [6.45, 7) is 17.5. The Hall–Kier alpha value is -2.97. The second kappa shape index (κ2) is 16.2. The van der Waals surface area contributed by atoms with Crippen molar-refractivity contribution in [2.45, 2.75) is 60.3 Å². The van der Waals surface area contributed by atoms with Crippen LogP contribution >= 0.6 is 11.6 Å². The quantitative estimate of drug-likeness (QED) is 0.174. The van der Waals surface area contributed by atoms with Gasteiger partial charge in [-0.05, 0) is 67.8 Å². The van der Waals surface area contributed by atoms with E-state index in [4.69, 9.17) is 25.8 Å². The highest BCUT2D eigenvalue weighted by atomic mass is 35.5. The summed E-state index contributed by atoms with van der Waals surface area (Å²) in [5, 5.41) is 0.872. The zero-order valence-electron chi connectivity index (χ0n) is 26.6. The molecule has 2 aliphatic heterocycles. The number of aryl methyl sites for hydroxylation is 2. The van der Waals surface area contributed by atoms with Gasteiger partial charge in [-0.15, -0.1) is 0 Å². The maximum absolute atomic E-state index is 12.6. The molecule has 0 aromatic heterocycles. The molecule has 0 aliphatic carbocycles. The summed E-state index contributed by atoms with van der Waals surface area (Å²) in [5.74, 6) is 2.14. The van der Waals surface area contributed by atoms with Gasteiger partial charge in [0.2, 0.25) is 6.79 Å². The van der Waals surface area contributed by atoms with E-state index >= 15 is 0 Å². The molecule has 4 rings (SSSR count). The van der Waals surface area contributed by atoms with Gasteiger partial charge in [-0.3, -0.25) is 4.90 Å². The molecule has 236 valence electrons. The molecule has 2 aromatic rings. The van der Waals surface area contributed by atoms with Gasteiger partial charge in [0.25, 0.3) is 0 Å². The number of piperazine rings is 1. The number of ether oxygens (including phenoxy) is 3. The third kappa shape index (κ3) is 10.0. The van der Waals surface area contributed by atoms with Crippen molar-refractivity contribution >= 4 is 35.0 Å². The average Bonchev–Trinajstić information content (AvgIpc) is 2.98. The fraction of sp³-hybridized carbons (Fsp3) is 0.588. The molecule has 1 fully saturated rings. The molecule has 43 heavy (non-hydrogen) atoms. The van der Waals surface area contributed by atoms with Gasteiger partial charge in [0, 0.05) is 51.8 Å². The fourth-order valence-corrected chi connectivity index (χ4v) is 5.79. The van der Waals surface area contributed by atoms with Crippen LogP contribution < -0.4 is 9.64 Å². The number of aliphatic imine (C=N–C) groups is 1. The number of benzene rings is 2. The average molecular weight is 613 g/mol. The highest BCUT2D eigenvalue weighted by Crippen LogP contribution is 2.31. The molecular weight excluding hydrogens is 564 g/mol. The first-order chi connectivity index (χ1) is 20.7. The van der Waals surface area contributed by atoms with E-state index in [1.807, 2.05) is 12.1 Å². The van der Waals surface area contributed by atoms with Crippen LogP contribution in [0, 0.1) is 18.8 Å². The Kier molecular flexibility index (Phi) is 12.4. The number of halogens is 1. The summed E-state index contributed by atoms with van der Waals surface area (Å²) in [6.07, 6.45) is 3.26. The first kappa shape index (κ1) is 32.9. The minimum Gasteiger partial charge on any atom is -0.494 e. The third-order valence-electron chi connectivity index (χ3n) is 7.77. The zero-order chi connectivity index (χ0) is 30.8. The lowest BCUT2D eigenvalue weighted by Gasteiger charge is -2.36. The minimum atomic E-state index is -0.343. The van der Waals surface area contributed by atoms with Crippen molar-refractivity contribution in [3.05, 3.63) is 52.5 Å². The van der Waals surface area contributed by atoms with Crippen molar-refractivity contribution in [3.63, 3.8) is 0 Å². The number of amides is 1. The van der Waals surface area contributed by atoms with Crippen LogP contribution in [0.3, 0.4) is 0 Å². The Morgan fingerprint density at radius 2 is 1.72 bits per heavy atom. The second-order valence-electron chi connectivity index (χ2n) is 12.5. The van der Waals surface area contributed by atoms with Crippen LogP contribution in [0.2, 0.25) is 5.02 Å². The van der Waals surface area contributed by atoms with Gasteiger partial charge in [0.05, 0.1) is 23.0 Å². The maximum atomic E-state index is 12.6. The summed E-state index contributed by atoms with van der Waals surface area (Å²) in [4.78, 5) is 23.9. The standard InChI is InChI=1S/C34H49ClN4O4/c1-25(2)22-39(23-26(3)4)34(40)43-24-42-32-14-12-28-11-13-29(21-30(28)36-32)41-20-7-6-15-37-16-18-38(19-17-37)31-10-8-9-27(5)33(31)35/h8-11,13,21,25-26H,6-7,12,14-20,22-24H2,1-5H3. The number of carbonyl (C=O) groups is 1. The van der Waals surface area contributed by atoms with Crippen LogP contribution in [0.5, 0.6) is 5.75 Å². The van der Waals surface area contributed by atoms with Gasteiger partial charge >= 0.3 is 6.09 Å². The molecule has 8 nitrogen and oxygen atoms in total. The Labute approximate surface area is 262 Å². The van der Waals surface area contributed by atoms with Gasteiger partial charge in [0.1, 0.15) is 5.75 Å². The highest BCUT2D eigenvalue weighted by Gasteiger charge is 2.21. The zero-order valence-corrected chi connectivity index (χ0v) is 27.4. The van der Waals surface area contributed by atoms with Crippen molar-refractivity contribution in [2.75, 3.05) is 64.1 Å². The second-order valence-corrected chi connectivity index (χ2v) is 12.8. The van der Waals surface area contributed by atoms with Crippen LogP contribution in [0.15, 0.2) is 41.4 Å². The summed E-state index contributed by atoms with van der Waals surface area (Å²) < 4.78 is 17.2. The van der Waals surface area contributed by atoms with Crippen LogP contribution in [0.1, 0.15) is 58.1 Å². The lowest BCUT2D eigenvalue weighted by Crippen LogP contribution is -2.46. The Morgan fingerprint density at radius 1 is 0.977 bits per heavy atom. The molecular formula is C34H49ClN4O4. The minimum absolute atomic E-state index is 0.134. The molecule has 0 radical (unpaired) electrons. The van der Waals surface area contributed by atoms with Gasteiger partial charge in [-0.25, -0.2) is 9.79 Å². The molecule has 2 aliphatic rings. The Balaban J connectivity index is 1.16. The first-order valence-corrected chi connectivity index (χ1v) is 16.2. The molecule has 2 aromatic carbocycles. The topological polar surface area (TPSA) is 66.8 Å². The molecule has 1 amide bonds. The lowest BCUT2D eigenvalue weighted by atomic mass is 10.0. The van der Waals surface area contributed by atoms with Gasteiger partial charge in [-0.2, -0.15) is 0 Å². The van der Waals surface area contributed by atoms with Gasteiger partial charge in [-0.1, -0.05) is 57.5 Å². The fourth-order valence-electron chi connectivity index (χ4n) is 5.55. The van der Waals surface area contributed by atoms with Crippen molar-refractivity contribution in [2.24, 2.45) is 16.8 Å². The lowest BCUT2D eigenvalue weighted by molar-refractivity contribution is 0.0237. The molecule has 0 atom stereocenters. The van der Waals surface area contributed by atoms with Crippen molar-refractivity contribution in [1.29, 1.82) is 0 Å². The number of rotatable bonds is 13. The van der Waals surface area contributed by atoms with Crippen LogP contribution in [0.4, 0.5) is 16.2 Å². The molecule has 0 bridgehead atoms. The Bertz CT molecular complexity index is 1220. The smallest absolute Gasteiger partial charge is 0.412 e. The SMILES string of the molecule is Cc1cccc(N2CCN(CCCCOc3ccc4c(c3)N=C(OCOC(=O)N(CC(C)C)CC(C)C)CC4)CC2)c1Cl. The van der Waals surface area contributed by atoms with Crippen LogP contribution in [0.25, 0.3) is 0 Å². The van der Waals surface area contributed by atoms with Crippen molar-refractivity contribution in [1.82, 2.24) is 9.80 Å². The highest BCUT2D eigenvalue weighted by molar-refractivity contribution is 6.34. The number of hydrogen-bond acceptors (Lipinski definition) is 7. The van der Waals surface area contributed by atoms with E-state index in [0.29, 0.717) is 43.9 Å². The molecule has 0 unspecified atom stereocenters. The predicted octanol–water partition coefficient (Wildman–Crippen LogP) is 7.33. The largest absolute Gasteiger partial charge is 0.494 e. The number of nitrogens with zero attached hydrogens (tertiary/aromatic N) is 4. The first-order valence-electron chi connectivity index (χ1n) is 15.8. The van der Waals surface area contributed by atoms with Gasteiger partial charge in [0.15, 0.2) is 5.90 Å². The third-order valence-corrected chi connectivity index (χ3v) is 8.26. The van der Waals surface area contributed by atoms with E-state index in [0.717, 1.165) is 79.7 Å². The normalized spacial score (nSPS) is 15.3. The summed E-state index contributed by atoms with van der Waals surface area (Å²) >= 11 is 6.54. The molecule has 1 saturated heterocycles. The number of carbonyl (C=O) groups excluding carboxylic acids is 1. The van der Waals surface area contributed by atoms with Crippen LogP contribution in [-0.2, 0) is 15.9 Å². The van der Waals surface area contributed by atoms with E-state index in [9.17, 15) is 4.79 Å². The summed E-state index contributed by atoms with van der Waals surface area (Å²) in [5.41, 5.74) is 4.31. The van der Waals surface area contributed by atoms with Crippen molar-refractivity contribution < 1.29 is 19.0 Å². The van der Waals surface area contributed by atoms with Gasteiger partial charge < -0.3 is 24.0 Å². The number of hydrogen-bond donors (Lipinski definition) is 0. The molecule has 2 heterocycles. The number of anilines is 1. The molecule has 0 N–H and O–H groups in total. The monoisotopic (exact) mass is 612 g/mol.